The molecular formula is C27H49N3O. The van der Waals surface area contributed by atoms with Crippen LogP contribution in [-0.2, 0) is 18.3 Å². The van der Waals surface area contributed by atoms with Crippen LogP contribution >= 0.6 is 0 Å². The highest BCUT2D eigenvalue weighted by Crippen LogP contribution is 2.38. The lowest BCUT2D eigenvalue weighted by atomic mass is 9.76. The van der Waals surface area contributed by atoms with Crippen LogP contribution in [0.4, 0.5) is 0 Å². The Morgan fingerprint density at radius 3 is 2.00 bits per heavy atom. The third kappa shape index (κ3) is 7.36. The van der Waals surface area contributed by atoms with E-state index in [0.29, 0.717) is 11.5 Å². The summed E-state index contributed by atoms with van der Waals surface area (Å²) in [5.41, 5.74) is 1.69. The lowest BCUT2D eigenvalue weighted by Crippen LogP contribution is -2.43. The predicted octanol–water partition coefficient (Wildman–Crippen LogP) is 7.06. The van der Waals surface area contributed by atoms with Crippen molar-refractivity contribution < 1.29 is 4.42 Å². The number of aromatic nitrogens is 1. The minimum atomic E-state index is -0.0539. The molecule has 1 aliphatic heterocycles. The summed E-state index contributed by atoms with van der Waals surface area (Å²) in [5, 5.41) is 0. The zero-order valence-electron chi connectivity index (χ0n) is 22.5. The van der Waals surface area contributed by atoms with Crippen LogP contribution in [0.5, 0.6) is 0 Å². The van der Waals surface area contributed by atoms with E-state index in [1.54, 1.807) is 0 Å². The summed E-state index contributed by atoms with van der Waals surface area (Å²) in [6, 6.07) is 0.665. The molecule has 1 aromatic rings. The zero-order chi connectivity index (χ0) is 23.8. The van der Waals surface area contributed by atoms with E-state index in [1.807, 2.05) is 0 Å². The minimum absolute atomic E-state index is 0.00453. The Balaban J connectivity index is 2.18. The Bertz CT molecular complexity index is 753. The molecule has 4 heteroatoms. The molecule has 0 spiro atoms. The van der Waals surface area contributed by atoms with Crippen molar-refractivity contribution in [2.24, 2.45) is 21.2 Å². The summed E-state index contributed by atoms with van der Waals surface area (Å²) in [6.07, 6.45) is 6.12. The number of nitrogens with zero attached hydrogens (tertiary/aromatic N) is 3. The molecule has 2 unspecified atom stereocenters. The molecule has 0 radical (unpaired) electrons. The Kier molecular flexibility index (Phi) is 7.45. The van der Waals surface area contributed by atoms with Crippen molar-refractivity contribution in [3.8, 4) is 0 Å². The van der Waals surface area contributed by atoms with Crippen LogP contribution in [0.2, 0.25) is 0 Å². The van der Waals surface area contributed by atoms with E-state index in [9.17, 15) is 0 Å². The lowest BCUT2D eigenvalue weighted by molar-refractivity contribution is 0.193. The largest absolute Gasteiger partial charge is 0.445 e. The normalized spacial score (nSPS) is 20.7. The van der Waals surface area contributed by atoms with Crippen LogP contribution in [0.15, 0.2) is 9.41 Å². The third-order valence-corrected chi connectivity index (χ3v) is 6.41. The number of hydrogen-bond donors (Lipinski definition) is 0. The van der Waals surface area contributed by atoms with Gasteiger partial charge in [0.05, 0.1) is 18.1 Å². The van der Waals surface area contributed by atoms with E-state index in [1.165, 1.54) is 6.42 Å². The number of aryl methyl sites for hydroxylation is 1. The van der Waals surface area contributed by atoms with Crippen molar-refractivity contribution in [1.82, 2.24) is 9.88 Å². The first-order chi connectivity index (χ1) is 13.9. The summed E-state index contributed by atoms with van der Waals surface area (Å²) < 4.78 is 6.35. The van der Waals surface area contributed by atoms with Gasteiger partial charge in [-0.1, -0.05) is 76.2 Å². The van der Waals surface area contributed by atoms with Gasteiger partial charge in [0.1, 0.15) is 5.76 Å². The van der Waals surface area contributed by atoms with Gasteiger partial charge in [0.2, 0.25) is 0 Å². The fourth-order valence-corrected chi connectivity index (χ4v) is 4.38. The zero-order valence-corrected chi connectivity index (χ0v) is 22.5. The number of aliphatic imine (C=N–C) groups is 1. The van der Waals surface area contributed by atoms with E-state index >= 15 is 0 Å². The Labute approximate surface area is 192 Å². The summed E-state index contributed by atoms with van der Waals surface area (Å²) in [6.45, 7) is 28.5. The Hall–Kier alpha value is -1.32. The van der Waals surface area contributed by atoms with Crippen LogP contribution in [0.25, 0.3) is 0 Å². The molecule has 0 aliphatic carbocycles. The molecule has 0 saturated heterocycles. The summed E-state index contributed by atoms with van der Waals surface area (Å²) in [7, 11) is 0. The molecule has 2 rings (SSSR count). The van der Waals surface area contributed by atoms with Crippen LogP contribution in [-0.4, -0.2) is 34.9 Å². The molecule has 178 valence electrons. The summed E-state index contributed by atoms with van der Waals surface area (Å²) in [4.78, 5) is 12.4. The standard InChI is InChI=1S/C27H49N3O/c1-19-22(28-18-30(19)16-15-25(5,6)7)27(11,12)17-20-23(26(8,9)10)31-21(29-20)13-14-24(2,3)4/h18-19,22H,13-17H2,1-12H3. The van der Waals surface area contributed by atoms with Gasteiger partial charge in [-0.25, -0.2) is 4.98 Å². The molecule has 0 N–H and O–H groups in total. The molecule has 4 nitrogen and oxygen atoms in total. The van der Waals surface area contributed by atoms with Crippen molar-refractivity contribution >= 4 is 6.34 Å². The Morgan fingerprint density at radius 2 is 1.48 bits per heavy atom. The van der Waals surface area contributed by atoms with Crippen LogP contribution in [0, 0.1) is 16.2 Å². The van der Waals surface area contributed by atoms with Crippen molar-refractivity contribution in [2.75, 3.05) is 6.54 Å². The maximum absolute atomic E-state index is 6.35. The molecule has 0 fully saturated rings. The number of hydrogen-bond acceptors (Lipinski definition) is 4. The molecule has 1 aromatic heterocycles. The minimum Gasteiger partial charge on any atom is -0.445 e. The van der Waals surface area contributed by atoms with Gasteiger partial charge < -0.3 is 9.32 Å². The van der Waals surface area contributed by atoms with Crippen molar-refractivity contribution in [2.45, 2.75) is 126 Å². The smallest absolute Gasteiger partial charge is 0.194 e. The second kappa shape index (κ2) is 8.90. The first-order valence-electron chi connectivity index (χ1n) is 12.2. The molecule has 0 bridgehead atoms. The van der Waals surface area contributed by atoms with Gasteiger partial charge in [0.15, 0.2) is 5.89 Å². The van der Waals surface area contributed by atoms with Gasteiger partial charge in [-0.2, -0.15) is 0 Å². The van der Waals surface area contributed by atoms with E-state index in [-0.39, 0.29) is 22.3 Å². The van der Waals surface area contributed by atoms with Crippen molar-refractivity contribution in [3.05, 3.63) is 17.3 Å². The summed E-state index contributed by atoms with van der Waals surface area (Å²) in [5.74, 6) is 1.93. The van der Waals surface area contributed by atoms with E-state index in [4.69, 9.17) is 14.4 Å². The van der Waals surface area contributed by atoms with Gasteiger partial charge >= 0.3 is 0 Å². The quantitative estimate of drug-likeness (QED) is 0.464. The first-order valence-corrected chi connectivity index (χ1v) is 12.2. The van der Waals surface area contributed by atoms with Gasteiger partial charge in [0.25, 0.3) is 0 Å². The number of rotatable bonds is 7. The van der Waals surface area contributed by atoms with Crippen molar-refractivity contribution in [3.63, 3.8) is 0 Å². The molecule has 31 heavy (non-hydrogen) atoms. The SMILES string of the molecule is CC1C(C(C)(C)Cc2nc(CCC(C)(C)C)oc2C(C)(C)C)N=CN1CCC(C)(C)C. The van der Waals surface area contributed by atoms with Crippen molar-refractivity contribution in [1.29, 1.82) is 0 Å². The van der Waals surface area contributed by atoms with Gasteiger partial charge in [0, 0.05) is 30.8 Å². The van der Waals surface area contributed by atoms with Gasteiger partial charge in [-0.05, 0) is 36.0 Å². The van der Waals surface area contributed by atoms with E-state index < -0.39 is 0 Å². The van der Waals surface area contributed by atoms with Gasteiger partial charge in [-0.15, -0.1) is 0 Å². The first kappa shape index (κ1) is 25.9. The molecule has 1 aliphatic rings. The summed E-state index contributed by atoms with van der Waals surface area (Å²) >= 11 is 0. The number of oxazole rings is 1. The average Bonchev–Trinajstić information content (AvgIpc) is 3.13. The maximum atomic E-state index is 6.35. The molecule has 0 saturated carbocycles. The second-order valence-electron chi connectivity index (χ2n) is 13.9. The fraction of sp³-hybridized carbons (Fsp3) is 0.852. The highest BCUT2D eigenvalue weighted by molar-refractivity contribution is 5.59. The van der Waals surface area contributed by atoms with Crippen LogP contribution in [0.1, 0.15) is 113 Å². The van der Waals surface area contributed by atoms with E-state index in [0.717, 1.165) is 43.2 Å². The molecule has 0 aromatic carbocycles. The molecule has 2 atom stereocenters. The monoisotopic (exact) mass is 431 g/mol. The third-order valence-electron chi connectivity index (χ3n) is 6.41. The topological polar surface area (TPSA) is 41.6 Å². The average molecular weight is 432 g/mol. The maximum Gasteiger partial charge on any atom is 0.194 e. The van der Waals surface area contributed by atoms with Crippen LogP contribution in [0.3, 0.4) is 0 Å². The molecule has 0 amide bonds. The Morgan fingerprint density at radius 1 is 0.903 bits per heavy atom. The second-order valence-corrected chi connectivity index (χ2v) is 13.9. The fourth-order valence-electron chi connectivity index (χ4n) is 4.38. The van der Waals surface area contributed by atoms with E-state index in [2.05, 4.69) is 94.3 Å². The molecular weight excluding hydrogens is 382 g/mol. The lowest BCUT2D eigenvalue weighted by Gasteiger charge is -2.36. The highest BCUT2D eigenvalue weighted by Gasteiger charge is 2.41. The predicted molar refractivity (Wildman–Crippen MR) is 133 cm³/mol. The molecule has 2 heterocycles. The van der Waals surface area contributed by atoms with Gasteiger partial charge in [-0.3, -0.25) is 4.99 Å². The van der Waals surface area contributed by atoms with Crippen LogP contribution < -0.4 is 0 Å². The highest BCUT2D eigenvalue weighted by atomic mass is 16.4.